The van der Waals surface area contributed by atoms with Gasteiger partial charge in [-0.05, 0) is 42.5 Å². The standard InChI is InChI=1S/C17H16ClN5O2/c1-24-13-6-3-11(4-7-13)20-16-10-19-23-17(22-16)21-12-5-8-15(25-2)14(18)9-12/h3-10H,1-2H3,(H2,20,21,22,23). The zero-order chi connectivity index (χ0) is 17.6. The van der Waals surface area contributed by atoms with Crippen molar-refractivity contribution in [1.82, 2.24) is 15.2 Å². The van der Waals surface area contributed by atoms with Gasteiger partial charge < -0.3 is 20.1 Å². The molecule has 0 atom stereocenters. The summed E-state index contributed by atoms with van der Waals surface area (Å²) in [5.41, 5.74) is 1.59. The number of benzene rings is 2. The van der Waals surface area contributed by atoms with Gasteiger partial charge >= 0.3 is 0 Å². The summed E-state index contributed by atoms with van der Waals surface area (Å²) in [6.07, 6.45) is 1.54. The third kappa shape index (κ3) is 4.27. The van der Waals surface area contributed by atoms with Crippen molar-refractivity contribution in [3.63, 3.8) is 0 Å². The first-order chi connectivity index (χ1) is 12.2. The molecule has 0 bridgehead atoms. The minimum absolute atomic E-state index is 0.347. The number of nitrogens with one attached hydrogen (secondary N) is 2. The van der Waals surface area contributed by atoms with Gasteiger partial charge in [0, 0.05) is 11.4 Å². The largest absolute Gasteiger partial charge is 0.497 e. The fourth-order valence-corrected chi connectivity index (χ4v) is 2.37. The molecule has 0 aliphatic heterocycles. The Morgan fingerprint density at radius 2 is 1.68 bits per heavy atom. The smallest absolute Gasteiger partial charge is 0.249 e. The summed E-state index contributed by atoms with van der Waals surface area (Å²) < 4.78 is 10.3. The molecule has 7 nitrogen and oxygen atoms in total. The normalized spacial score (nSPS) is 10.2. The first-order valence-corrected chi connectivity index (χ1v) is 7.77. The van der Waals surface area contributed by atoms with Crippen LogP contribution in [0.4, 0.5) is 23.1 Å². The van der Waals surface area contributed by atoms with Gasteiger partial charge in [-0.2, -0.15) is 10.1 Å². The first-order valence-electron chi connectivity index (χ1n) is 7.39. The number of methoxy groups -OCH3 is 2. The molecule has 0 fully saturated rings. The van der Waals surface area contributed by atoms with E-state index in [2.05, 4.69) is 25.8 Å². The van der Waals surface area contributed by atoms with Crippen LogP contribution in [0.25, 0.3) is 0 Å². The molecule has 0 saturated carbocycles. The molecule has 2 N–H and O–H groups in total. The fraction of sp³-hybridized carbons (Fsp3) is 0.118. The molecule has 1 heterocycles. The Morgan fingerprint density at radius 1 is 0.920 bits per heavy atom. The summed E-state index contributed by atoms with van der Waals surface area (Å²) in [7, 11) is 3.19. The van der Waals surface area contributed by atoms with E-state index in [1.807, 2.05) is 30.3 Å². The average Bonchev–Trinajstić information content (AvgIpc) is 2.63. The summed E-state index contributed by atoms with van der Waals surface area (Å²) in [5, 5.41) is 14.6. The Morgan fingerprint density at radius 3 is 2.36 bits per heavy atom. The number of aromatic nitrogens is 3. The Balaban J connectivity index is 1.73. The molecule has 0 amide bonds. The summed E-state index contributed by atoms with van der Waals surface area (Å²) >= 11 is 6.12. The molecule has 0 aliphatic rings. The topological polar surface area (TPSA) is 81.2 Å². The molecule has 0 unspecified atom stereocenters. The minimum atomic E-state index is 0.347. The maximum absolute atomic E-state index is 6.12. The van der Waals surface area contributed by atoms with Crippen LogP contribution in [0.2, 0.25) is 5.02 Å². The Bertz CT molecular complexity index is 858. The maximum atomic E-state index is 6.12. The quantitative estimate of drug-likeness (QED) is 0.689. The second-order valence-electron chi connectivity index (χ2n) is 4.99. The van der Waals surface area contributed by atoms with Crippen LogP contribution in [0.3, 0.4) is 0 Å². The van der Waals surface area contributed by atoms with Gasteiger partial charge in [-0.3, -0.25) is 0 Å². The molecule has 3 rings (SSSR count). The molecule has 8 heteroatoms. The monoisotopic (exact) mass is 357 g/mol. The van der Waals surface area contributed by atoms with Crippen molar-refractivity contribution in [2.24, 2.45) is 0 Å². The summed E-state index contributed by atoms with van der Waals surface area (Å²) in [6, 6.07) is 12.8. The van der Waals surface area contributed by atoms with Crippen molar-refractivity contribution in [1.29, 1.82) is 0 Å². The van der Waals surface area contributed by atoms with Gasteiger partial charge in [-0.1, -0.05) is 11.6 Å². The van der Waals surface area contributed by atoms with E-state index in [1.54, 1.807) is 26.4 Å². The Labute approximate surface area is 150 Å². The fourth-order valence-electron chi connectivity index (χ4n) is 2.11. The lowest BCUT2D eigenvalue weighted by Gasteiger charge is -2.09. The minimum Gasteiger partial charge on any atom is -0.497 e. The van der Waals surface area contributed by atoms with Crippen LogP contribution in [0, 0.1) is 0 Å². The third-order valence-corrected chi connectivity index (χ3v) is 3.62. The van der Waals surface area contributed by atoms with E-state index in [0.717, 1.165) is 17.1 Å². The molecule has 0 radical (unpaired) electrons. The van der Waals surface area contributed by atoms with Crippen molar-refractivity contribution < 1.29 is 9.47 Å². The van der Waals surface area contributed by atoms with Crippen LogP contribution in [0.15, 0.2) is 48.7 Å². The van der Waals surface area contributed by atoms with Crippen molar-refractivity contribution >= 4 is 34.7 Å². The molecule has 0 spiro atoms. The van der Waals surface area contributed by atoms with Crippen LogP contribution in [-0.4, -0.2) is 29.4 Å². The molecule has 128 valence electrons. The zero-order valence-electron chi connectivity index (χ0n) is 13.7. The van der Waals surface area contributed by atoms with E-state index in [9.17, 15) is 0 Å². The number of hydrogen-bond donors (Lipinski definition) is 2. The predicted octanol–water partition coefficient (Wildman–Crippen LogP) is 4.03. The average molecular weight is 358 g/mol. The highest BCUT2D eigenvalue weighted by atomic mass is 35.5. The first kappa shape index (κ1) is 16.8. The van der Waals surface area contributed by atoms with Gasteiger partial charge in [-0.25, -0.2) is 0 Å². The summed E-state index contributed by atoms with van der Waals surface area (Å²) in [5.74, 6) is 2.29. The molecule has 0 aliphatic carbocycles. The van der Waals surface area contributed by atoms with Gasteiger partial charge in [0.1, 0.15) is 11.5 Å². The number of rotatable bonds is 6. The van der Waals surface area contributed by atoms with Gasteiger partial charge in [0.25, 0.3) is 0 Å². The lowest BCUT2D eigenvalue weighted by atomic mass is 10.3. The van der Waals surface area contributed by atoms with E-state index in [4.69, 9.17) is 21.1 Å². The van der Waals surface area contributed by atoms with Crippen molar-refractivity contribution in [3.8, 4) is 11.5 Å². The van der Waals surface area contributed by atoms with E-state index in [0.29, 0.717) is 22.5 Å². The molecule has 1 aromatic heterocycles. The van der Waals surface area contributed by atoms with Crippen molar-refractivity contribution in [2.45, 2.75) is 0 Å². The lowest BCUT2D eigenvalue weighted by molar-refractivity contribution is 0.415. The number of hydrogen-bond acceptors (Lipinski definition) is 7. The zero-order valence-corrected chi connectivity index (χ0v) is 14.4. The molecule has 2 aromatic carbocycles. The summed E-state index contributed by atoms with van der Waals surface area (Å²) in [6.45, 7) is 0. The second-order valence-corrected chi connectivity index (χ2v) is 5.40. The molecule has 3 aromatic rings. The van der Waals surface area contributed by atoms with Gasteiger partial charge in [0.2, 0.25) is 5.95 Å². The number of nitrogens with zero attached hydrogens (tertiary/aromatic N) is 3. The van der Waals surface area contributed by atoms with Crippen LogP contribution in [0.5, 0.6) is 11.5 Å². The Hall–Kier alpha value is -3.06. The Kier molecular flexibility index (Phi) is 5.15. The SMILES string of the molecule is COc1ccc(Nc2cnnc(Nc3ccc(OC)c(Cl)c3)n2)cc1. The van der Waals surface area contributed by atoms with Crippen LogP contribution < -0.4 is 20.1 Å². The highest BCUT2D eigenvalue weighted by Gasteiger charge is 2.05. The third-order valence-electron chi connectivity index (χ3n) is 3.33. The van der Waals surface area contributed by atoms with E-state index in [-0.39, 0.29) is 0 Å². The summed E-state index contributed by atoms with van der Waals surface area (Å²) in [4.78, 5) is 4.38. The van der Waals surface area contributed by atoms with E-state index in [1.165, 1.54) is 6.20 Å². The second kappa shape index (κ2) is 7.67. The van der Waals surface area contributed by atoms with Gasteiger partial charge in [0.05, 0.1) is 25.4 Å². The van der Waals surface area contributed by atoms with Crippen LogP contribution in [-0.2, 0) is 0 Å². The molecule has 25 heavy (non-hydrogen) atoms. The number of ether oxygens (including phenoxy) is 2. The number of anilines is 4. The molecule has 0 saturated heterocycles. The van der Waals surface area contributed by atoms with Crippen molar-refractivity contribution in [2.75, 3.05) is 24.9 Å². The molecular weight excluding hydrogens is 342 g/mol. The van der Waals surface area contributed by atoms with Gasteiger partial charge in [-0.15, -0.1) is 5.10 Å². The number of halogens is 1. The van der Waals surface area contributed by atoms with Crippen LogP contribution >= 0.6 is 11.6 Å². The van der Waals surface area contributed by atoms with E-state index < -0.39 is 0 Å². The van der Waals surface area contributed by atoms with Crippen molar-refractivity contribution in [3.05, 3.63) is 53.7 Å². The lowest BCUT2D eigenvalue weighted by Crippen LogP contribution is -2.02. The highest BCUT2D eigenvalue weighted by molar-refractivity contribution is 6.32. The van der Waals surface area contributed by atoms with Crippen LogP contribution in [0.1, 0.15) is 0 Å². The van der Waals surface area contributed by atoms with E-state index >= 15 is 0 Å². The maximum Gasteiger partial charge on any atom is 0.249 e. The van der Waals surface area contributed by atoms with Gasteiger partial charge in [0.15, 0.2) is 5.82 Å². The predicted molar refractivity (Wildman–Crippen MR) is 97.4 cm³/mol. The molecular formula is C17H16ClN5O2. The highest BCUT2D eigenvalue weighted by Crippen LogP contribution is 2.28.